The maximum absolute atomic E-state index is 12.4. The lowest BCUT2D eigenvalue weighted by Gasteiger charge is -2.28. The van der Waals surface area contributed by atoms with Crippen LogP contribution in [0.4, 0.5) is 11.6 Å². The van der Waals surface area contributed by atoms with Crippen LogP contribution in [0, 0.1) is 0 Å². The molecule has 3 aromatic rings. The summed E-state index contributed by atoms with van der Waals surface area (Å²) in [5, 5.41) is 10.7. The molecule has 0 saturated carbocycles. The van der Waals surface area contributed by atoms with E-state index in [1.807, 2.05) is 36.4 Å². The quantitative estimate of drug-likeness (QED) is 0.787. The number of rotatable bonds is 3. The third kappa shape index (κ3) is 2.61. The highest BCUT2D eigenvalue weighted by Crippen LogP contribution is 2.34. The number of nitrogens with zero attached hydrogens (tertiary/aromatic N) is 4. The number of nitrogens with one attached hydrogen (secondary N) is 1. The lowest BCUT2D eigenvalue weighted by molar-refractivity contribution is -0.120. The summed E-state index contributed by atoms with van der Waals surface area (Å²) in [6.45, 7) is -0.0574. The summed E-state index contributed by atoms with van der Waals surface area (Å²) in [4.78, 5) is 27.1. The second-order valence-electron chi connectivity index (χ2n) is 5.24. The minimum Gasteiger partial charge on any atom is -0.301 e. The van der Waals surface area contributed by atoms with Crippen molar-refractivity contribution in [2.24, 2.45) is 0 Å². The van der Waals surface area contributed by atoms with Gasteiger partial charge in [0.25, 0.3) is 0 Å². The molecular weight excluding hydrogens is 326 g/mol. The number of carbonyl (C=O) groups excluding carboxylic acids is 2. The first kappa shape index (κ1) is 14.7. The lowest BCUT2D eigenvalue weighted by Crippen LogP contribution is -2.41. The van der Waals surface area contributed by atoms with E-state index in [9.17, 15) is 9.59 Å². The number of hydrogen-bond acceptors (Lipinski definition) is 5. The van der Waals surface area contributed by atoms with Crippen LogP contribution in [0.3, 0.4) is 0 Å². The van der Waals surface area contributed by atoms with E-state index < -0.39 is 0 Å². The van der Waals surface area contributed by atoms with Crippen LogP contribution in [0.2, 0.25) is 0 Å². The van der Waals surface area contributed by atoms with Gasteiger partial charge in [-0.15, -0.1) is 22.0 Å². The molecule has 0 atom stereocenters. The molecule has 0 spiro atoms. The average molecular weight is 339 g/mol. The number of para-hydroxylation sites is 1. The van der Waals surface area contributed by atoms with Gasteiger partial charge in [-0.25, -0.2) is 0 Å². The maximum atomic E-state index is 12.4. The molecule has 1 aliphatic heterocycles. The Kier molecular flexibility index (Phi) is 3.66. The molecule has 1 aromatic carbocycles. The van der Waals surface area contributed by atoms with Gasteiger partial charge >= 0.3 is 0 Å². The van der Waals surface area contributed by atoms with Crippen molar-refractivity contribution >= 4 is 40.9 Å². The second kappa shape index (κ2) is 5.97. The molecule has 0 bridgehead atoms. The summed E-state index contributed by atoms with van der Waals surface area (Å²) in [5.41, 5.74) is 1.41. The molecule has 1 aliphatic rings. The molecule has 7 nitrogen and oxygen atoms in total. The third-order valence-corrected chi connectivity index (χ3v) is 4.72. The minimum atomic E-state index is -0.316. The fourth-order valence-corrected chi connectivity index (χ4v) is 3.50. The largest absolute Gasteiger partial charge is 0.301 e. The standard InChI is InChI=1S/C16H13N5O2S/c22-14(17-16-19-18-13-7-3-4-8-20(13)16)9-21-11-5-1-2-6-12(11)24-10-15(21)23/h1-8H,9-10H2,(H,17,19,22). The molecule has 120 valence electrons. The topological polar surface area (TPSA) is 79.6 Å². The van der Waals surface area contributed by atoms with E-state index in [0.29, 0.717) is 17.3 Å². The van der Waals surface area contributed by atoms with E-state index in [1.54, 1.807) is 16.7 Å². The Morgan fingerprint density at radius 2 is 2.00 bits per heavy atom. The van der Waals surface area contributed by atoms with Crippen molar-refractivity contribution in [1.29, 1.82) is 0 Å². The van der Waals surface area contributed by atoms with E-state index in [0.717, 1.165) is 10.6 Å². The Morgan fingerprint density at radius 3 is 2.92 bits per heavy atom. The van der Waals surface area contributed by atoms with Gasteiger partial charge in [0.05, 0.1) is 11.4 Å². The van der Waals surface area contributed by atoms with Gasteiger partial charge < -0.3 is 4.90 Å². The van der Waals surface area contributed by atoms with Crippen LogP contribution >= 0.6 is 11.8 Å². The maximum Gasteiger partial charge on any atom is 0.246 e. The van der Waals surface area contributed by atoms with Gasteiger partial charge in [-0.05, 0) is 24.3 Å². The predicted molar refractivity (Wildman–Crippen MR) is 91.1 cm³/mol. The van der Waals surface area contributed by atoms with Crippen LogP contribution in [-0.4, -0.2) is 38.7 Å². The molecular formula is C16H13N5O2S. The Bertz CT molecular complexity index is 939. The molecule has 0 fully saturated rings. The summed E-state index contributed by atoms with van der Waals surface area (Å²) in [7, 11) is 0. The van der Waals surface area contributed by atoms with Gasteiger partial charge in [0.15, 0.2) is 5.65 Å². The first-order chi connectivity index (χ1) is 11.7. The zero-order valence-corrected chi connectivity index (χ0v) is 13.4. The van der Waals surface area contributed by atoms with Crippen LogP contribution in [0.5, 0.6) is 0 Å². The summed E-state index contributed by atoms with van der Waals surface area (Å²) in [6, 6.07) is 13.0. The zero-order valence-electron chi connectivity index (χ0n) is 12.5. The molecule has 2 amide bonds. The van der Waals surface area contributed by atoms with E-state index in [2.05, 4.69) is 15.5 Å². The van der Waals surface area contributed by atoms with Crippen molar-refractivity contribution in [3.8, 4) is 0 Å². The summed E-state index contributed by atoms with van der Waals surface area (Å²) in [5.74, 6) is 0.268. The van der Waals surface area contributed by atoms with Crippen LogP contribution < -0.4 is 10.2 Å². The van der Waals surface area contributed by atoms with Gasteiger partial charge in [0.2, 0.25) is 17.8 Å². The zero-order chi connectivity index (χ0) is 16.5. The van der Waals surface area contributed by atoms with Gasteiger partial charge in [0, 0.05) is 11.1 Å². The number of thioether (sulfide) groups is 1. The number of anilines is 2. The molecule has 0 radical (unpaired) electrons. The first-order valence-electron chi connectivity index (χ1n) is 7.34. The minimum absolute atomic E-state index is 0.0574. The summed E-state index contributed by atoms with van der Waals surface area (Å²) < 4.78 is 1.68. The van der Waals surface area contributed by atoms with Crippen molar-refractivity contribution in [3.63, 3.8) is 0 Å². The fourth-order valence-electron chi connectivity index (χ4n) is 2.56. The fraction of sp³-hybridized carbons (Fsp3) is 0.125. The van der Waals surface area contributed by atoms with Crippen LogP contribution in [0.15, 0.2) is 53.6 Å². The van der Waals surface area contributed by atoms with E-state index in [4.69, 9.17) is 0 Å². The number of carbonyl (C=O) groups is 2. The Balaban J connectivity index is 1.55. The van der Waals surface area contributed by atoms with Crippen LogP contribution in [-0.2, 0) is 9.59 Å². The lowest BCUT2D eigenvalue weighted by atomic mass is 10.2. The highest BCUT2D eigenvalue weighted by Gasteiger charge is 2.26. The van der Waals surface area contributed by atoms with Crippen molar-refractivity contribution < 1.29 is 9.59 Å². The predicted octanol–water partition coefficient (Wildman–Crippen LogP) is 1.81. The molecule has 0 saturated heterocycles. The first-order valence-corrected chi connectivity index (χ1v) is 8.33. The van der Waals surface area contributed by atoms with Gasteiger partial charge in [-0.2, -0.15) is 0 Å². The van der Waals surface area contributed by atoms with Gasteiger partial charge in [0.1, 0.15) is 6.54 Å². The van der Waals surface area contributed by atoms with Crippen molar-refractivity contribution in [2.45, 2.75) is 4.90 Å². The Morgan fingerprint density at radius 1 is 1.17 bits per heavy atom. The van der Waals surface area contributed by atoms with Crippen LogP contribution in [0.1, 0.15) is 0 Å². The smallest absolute Gasteiger partial charge is 0.246 e. The highest BCUT2D eigenvalue weighted by molar-refractivity contribution is 8.00. The molecule has 3 heterocycles. The van der Waals surface area contributed by atoms with Gasteiger partial charge in [-0.3, -0.25) is 19.3 Å². The normalized spacial score (nSPS) is 13.8. The van der Waals surface area contributed by atoms with Crippen molar-refractivity contribution in [2.75, 3.05) is 22.5 Å². The monoisotopic (exact) mass is 339 g/mol. The number of aromatic nitrogens is 3. The van der Waals surface area contributed by atoms with E-state index >= 15 is 0 Å². The number of pyridine rings is 1. The van der Waals surface area contributed by atoms with Gasteiger partial charge in [-0.1, -0.05) is 18.2 Å². The number of amides is 2. The number of benzene rings is 1. The van der Waals surface area contributed by atoms with E-state index in [-0.39, 0.29) is 18.4 Å². The average Bonchev–Trinajstić information content (AvgIpc) is 3.01. The van der Waals surface area contributed by atoms with Crippen LogP contribution in [0.25, 0.3) is 5.65 Å². The number of fused-ring (bicyclic) bond motifs is 2. The SMILES string of the molecule is O=C(CN1C(=O)CSc2ccccc21)Nc1nnc2ccccn12. The molecule has 0 unspecified atom stereocenters. The molecule has 24 heavy (non-hydrogen) atoms. The molecule has 2 aromatic heterocycles. The summed E-state index contributed by atoms with van der Waals surface area (Å²) >= 11 is 1.49. The molecule has 4 rings (SSSR count). The molecule has 8 heteroatoms. The molecule has 1 N–H and O–H groups in total. The van der Waals surface area contributed by atoms with E-state index in [1.165, 1.54) is 16.7 Å². The van der Waals surface area contributed by atoms with Crippen molar-refractivity contribution in [3.05, 3.63) is 48.7 Å². The summed E-state index contributed by atoms with van der Waals surface area (Å²) in [6.07, 6.45) is 1.77. The Hall–Kier alpha value is -2.87. The number of hydrogen-bond donors (Lipinski definition) is 1. The third-order valence-electron chi connectivity index (χ3n) is 3.67. The highest BCUT2D eigenvalue weighted by atomic mass is 32.2. The second-order valence-corrected chi connectivity index (χ2v) is 6.25. The molecule has 0 aliphatic carbocycles. The van der Waals surface area contributed by atoms with Crippen molar-refractivity contribution in [1.82, 2.24) is 14.6 Å². The Labute approximate surface area is 141 Å².